The zero-order valence-corrected chi connectivity index (χ0v) is 12.1. The molecule has 0 saturated carbocycles. The SMILES string of the molecule is CCOP(=O)(OCC)c1scc2c1CCCC2. The summed E-state index contributed by atoms with van der Waals surface area (Å²) in [4.78, 5) is 0. The normalized spacial score (nSPS) is 15.9. The Morgan fingerprint density at radius 3 is 2.53 bits per heavy atom. The minimum absolute atomic E-state index is 0.421. The van der Waals surface area contributed by atoms with Crippen molar-refractivity contribution in [3.8, 4) is 0 Å². The lowest BCUT2D eigenvalue weighted by Crippen LogP contribution is -2.14. The van der Waals surface area contributed by atoms with Gasteiger partial charge in [-0.25, -0.2) is 0 Å². The van der Waals surface area contributed by atoms with Crippen LogP contribution in [0, 0.1) is 0 Å². The molecule has 1 aliphatic rings. The Morgan fingerprint density at radius 2 is 1.88 bits per heavy atom. The maximum atomic E-state index is 12.7. The van der Waals surface area contributed by atoms with E-state index in [1.165, 1.54) is 35.3 Å². The van der Waals surface area contributed by atoms with Gasteiger partial charge in [0.15, 0.2) is 0 Å². The molecule has 0 saturated heterocycles. The molecule has 1 aromatic rings. The maximum Gasteiger partial charge on any atom is 0.371 e. The third kappa shape index (κ3) is 2.65. The quantitative estimate of drug-likeness (QED) is 0.771. The summed E-state index contributed by atoms with van der Waals surface area (Å²) in [7, 11) is -3.07. The van der Waals surface area contributed by atoms with E-state index in [4.69, 9.17) is 9.05 Å². The van der Waals surface area contributed by atoms with E-state index in [-0.39, 0.29) is 0 Å². The first-order chi connectivity index (χ1) is 8.21. The smallest absolute Gasteiger partial charge is 0.305 e. The summed E-state index contributed by atoms with van der Waals surface area (Å²) in [6.45, 7) is 4.55. The molecule has 17 heavy (non-hydrogen) atoms. The molecule has 0 fully saturated rings. The second-order valence-electron chi connectivity index (χ2n) is 4.08. The number of aryl methyl sites for hydroxylation is 1. The van der Waals surface area contributed by atoms with Crippen LogP contribution < -0.4 is 4.62 Å². The van der Waals surface area contributed by atoms with Gasteiger partial charge in [0.1, 0.15) is 4.62 Å². The molecule has 0 aliphatic heterocycles. The lowest BCUT2D eigenvalue weighted by Gasteiger charge is -2.19. The number of thiophene rings is 1. The fourth-order valence-corrected chi connectivity index (χ4v) is 5.68. The predicted octanol–water partition coefficient (Wildman–Crippen LogP) is 3.52. The third-order valence-corrected chi connectivity index (χ3v) is 6.75. The summed E-state index contributed by atoms with van der Waals surface area (Å²) in [5, 5.41) is 2.12. The number of rotatable bonds is 5. The molecule has 0 spiro atoms. The van der Waals surface area contributed by atoms with Gasteiger partial charge in [-0.1, -0.05) is 0 Å². The van der Waals surface area contributed by atoms with Crippen molar-refractivity contribution in [2.75, 3.05) is 13.2 Å². The van der Waals surface area contributed by atoms with Gasteiger partial charge in [0.05, 0.1) is 13.2 Å². The van der Waals surface area contributed by atoms with Crippen LogP contribution in [0.2, 0.25) is 0 Å². The fourth-order valence-electron chi connectivity index (χ4n) is 2.23. The van der Waals surface area contributed by atoms with Crippen LogP contribution in [0.4, 0.5) is 0 Å². The Bertz CT molecular complexity index is 417. The summed E-state index contributed by atoms with van der Waals surface area (Å²) in [6, 6.07) is 0. The summed E-state index contributed by atoms with van der Waals surface area (Å²) in [6.07, 6.45) is 4.52. The lowest BCUT2D eigenvalue weighted by atomic mass is 9.96. The topological polar surface area (TPSA) is 35.5 Å². The van der Waals surface area contributed by atoms with Gasteiger partial charge in [0.2, 0.25) is 0 Å². The Hall–Kier alpha value is -0.150. The molecule has 0 unspecified atom stereocenters. The molecule has 5 heteroatoms. The van der Waals surface area contributed by atoms with Gasteiger partial charge >= 0.3 is 7.60 Å². The highest BCUT2D eigenvalue weighted by Crippen LogP contribution is 2.50. The van der Waals surface area contributed by atoms with Gasteiger partial charge in [-0.15, -0.1) is 11.3 Å². The average Bonchev–Trinajstić information content (AvgIpc) is 2.74. The number of fused-ring (bicyclic) bond motifs is 1. The largest absolute Gasteiger partial charge is 0.371 e. The monoisotopic (exact) mass is 274 g/mol. The van der Waals surface area contributed by atoms with E-state index in [0.717, 1.165) is 17.5 Å². The van der Waals surface area contributed by atoms with E-state index in [1.807, 2.05) is 13.8 Å². The molecule has 0 N–H and O–H groups in total. The predicted molar refractivity (Wildman–Crippen MR) is 71.5 cm³/mol. The molecule has 1 heterocycles. The highest BCUT2D eigenvalue weighted by molar-refractivity contribution is 7.68. The first-order valence-corrected chi connectivity index (χ1v) is 8.62. The molecule has 0 amide bonds. The van der Waals surface area contributed by atoms with Crippen LogP contribution in [0.25, 0.3) is 0 Å². The number of hydrogen-bond acceptors (Lipinski definition) is 4. The minimum atomic E-state index is -3.07. The van der Waals surface area contributed by atoms with Crippen molar-refractivity contribution in [3.05, 3.63) is 16.5 Å². The van der Waals surface area contributed by atoms with Crippen LogP contribution in [0.5, 0.6) is 0 Å². The molecule has 2 rings (SSSR count). The highest BCUT2D eigenvalue weighted by atomic mass is 32.1. The van der Waals surface area contributed by atoms with Crippen LogP contribution in [0.3, 0.4) is 0 Å². The van der Waals surface area contributed by atoms with E-state index >= 15 is 0 Å². The minimum Gasteiger partial charge on any atom is -0.305 e. The van der Waals surface area contributed by atoms with Crippen molar-refractivity contribution in [2.45, 2.75) is 39.5 Å². The Labute approximate surface area is 107 Å². The third-order valence-electron chi connectivity index (χ3n) is 2.93. The van der Waals surface area contributed by atoms with Crippen LogP contribution >= 0.6 is 18.9 Å². The van der Waals surface area contributed by atoms with Gasteiger partial charge in [0, 0.05) is 0 Å². The van der Waals surface area contributed by atoms with Crippen molar-refractivity contribution < 1.29 is 13.6 Å². The first-order valence-electron chi connectivity index (χ1n) is 6.20. The molecule has 0 radical (unpaired) electrons. The van der Waals surface area contributed by atoms with E-state index in [1.54, 1.807) is 0 Å². The standard InChI is InChI=1S/C12H19O3PS/c1-3-14-16(13,15-4-2)12-11-8-6-5-7-10(11)9-17-12/h9H,3-8H2,1-2H3. The Kier molecular flexibility index (Phi) is 4.42. The van der Waals surface area contributed by atoms with Gasteiger partial charge in [-0.2, -0.15) is 0 Å². The van der Waals surface area contributed by atoms with E-state index in [0.29, 0.717) is 13.2 Å². The van der Waals surface area contributed by atoms with Crippen LogP contribution in [0.1, 0.15) is 37.8 Å². The molecular formula is C12H19O3PS. The van der Waals surface area contributed by atoms with Crippen molar-refractivity contribution in [1.82, 2.24) is 0 Å². The molecule has 1 aliphatic carbocycles. The van der Waals surface area contributed by atoms with Crippen molar-refractivity contribution in [1.29, 1.82) is 0 Å². The Morgan fingerprint density at radius 1 is 1.24 bits per heavy atom. The molecule has 0 aromatic carbocycles. The van der Waals surface area contributed by atoms with Gasteiger partial charge in [-0.05, 0) is 56.0 Å². The lowest BCUT2D eigenvalue weighted by molar-refractivity contribution is 0.230. The van der Waals surface area contributed by atoms with E-state index in [9.17, 15) is 4.57 Å². The van der Waals surface area contributed by atoms with Crippen molar-refractivity contribution in [3.63, 3.8) is 0 Å². The van der Waals surface area contributed by atoms with E-state index in [2.05, 4.69) is 5.38 Å². The highest BCUT2D eigenvalue weighted by Gasteiger charge is 2.33. The summed E-state index contributed by atoms with van der Waals surface area (Å²) >= 11 is 1.54. The molecule has 0 bridgehead atoms. The zero-order chi connectivity index (χ0) is 12.3. The summed E-state index contributed by atoms with van der Waals surface area (Å²) in [5.41, 5.74) is 2.57. The molecule has 1 aromatic heterocycles. The first kappa shape index (κ1) is 13.3. The maximum absolute atomic E-state index is 12.7. The second kappa shape index (κ2) is 5.66. The van der Waals surface area contributed by atoms with Crippen LogP contribution in [-0.2, 0) is 26.5 Å². The van der Waals surface area contributed by atoms with Gasteiger partial charge in [-0.3, -0.25) is 4.57 Å². The number of hydrogen-bond donors (Lipinski definition) is 0. The molecule has 96 valence electrons. The molecular weight excluding hydrogens is 255 g/mol. The Balaban J connectivity index is 2.36. The van der Waals surface area contributed by atoms with Crippen molar-refractivity contribution >= 4 is 23.6 Å². The van der Waals surface area contributed by atoms with Crippen molar-refractivity contribution in [2.24, 2.45) is 0 Å². The summed E-state index contributed by atoms with van der Waals surface area (Å²) < 4.78 is 24.4. The van der Waals surface area contributed by atoms with Crippen LogP contribution in [-0.4, -0.2) is 13.2 Å². The molecule has 0 atom stereocenters. The fraction of sp³-hybridized carbons (Fsp3) is 0.667. The van der Waals surface area contributed by atoms with E-state index < -0.39 is 7.60 Å². The van der Waals surface area contributed by atoms with Crippen LogP contribution in [0.15, 0.2) is 5.38 Å². The van der Waals surface area contributed by atoms with Gasteiger partial charge < -0.3 is 9.05 Å². The molecule has 3 nitrogen and oxygen atoms in total. The summed E-state index contributed by atoms with van der Waals surface area (Å²) in [5.74, 6) is 0. The van der Waals surface area contributed by atoms with Gasteiger partial charge in [0.25, 0.3) is 0 Å². The second-order valence-corrected chi connectivity index (χ2v) is 7.23. The average molecular weight is 274 g/mol. The zero-order valence-electron chi connectivity index (χ0n) is 10.4.